The minimum atomic E-state index is -1.04. The van der Waals surface area contributed by atoms with Gasteiger partial charge in [-0.1, -0.05) is 0 Å². The number of rotatable bonds is 2. The molecule has 13 heavy (non-hydrogen) atoms. The van der Waals surface area contributed by atoms with Crippen LogP contribution in [0.2, 0.25) is 0 Å². The van der Waals surface area contributed by atoms with Crippen molar-refractivity contribution in [1.29, 1.82) is 5.26 Å². The summed E-state index contributed by atoms with van der Waals surface area (Å²) in [5.74, 6) is 0.0614. The summed E-state index contributed by atoms with van der Waals surface area (Å²) in [6, 6.07) is 2.35. The monoisotopic (exact) mass is 200 g/mol. The molecule has 1 N–H and O–H groups in total. The summed E-state index contributed by atoms with van der Waals surface area (Å²) in [4.78, 5) is 0. The van der Waals surface area contributed by atoms with E-state index in [1.165, 1.54) is 0 Å². The second kappa shape index (κ2) is 3.77. The molecule has 0 amide bonds. The zero-order chi connectivity index (χ0) is 10.1. The molecule has 1 rings (SSSR count). The van der Waals surface area contributed by atoms with Gasteiger partial charge in [0, 0.05) is 6.04 Å². The van der Waals surface area contributed by atoms with Crippen molar-refractivity contribution in [2.75, 3.05) is 0 Å². The van der Waals surface area contributed by atoms with Crippen molar-refractivity contribution in [3.8, 4) is 6.07 Å². The molecule has 3 nitrogen and oxygen atoms in total. The Balaban J connectivity index is 2.43. The van der Waals surface area contributed by atoms with Crippen LogP contribution in [0.15, 0.2) is 0 Å². The highest BCUT2D eigenvalue weighted by Crippen LogP contribution is 2.27. The molecule has 0 spiro atoms. The average molecular weight is 200 g/mol. The summed E-state index contributed by atoms with van der Waals surface area (Å²) in [5, 5.41) is 8.68. The van der Waals surface area contributed by atoms with Gasteiger partial charge in [0.05, 0.1) is 27.7 Å². The van der Waals surface area contributed by atoms with E-state index in [0.29, 0.717) is 0 Å². The molecule has 0 aliphatic heterocycles. The van der Waals surface area contributed by atoms with Crippen LogP contribution in [0.5, 0.6) is 0 Å². The van der Waals surface area contributed by atoms with Crippen LogP contribution in [0.3, 0.4) is 0 Å². The molecule has 0 radical (unpaired) electrons. The minimum absolute atomic E-state index is 0.0614. The van der Waals surface area contributed by atoms with E-state index < -0.39 is 11.0 Å². The first-order valence-corrected chi connectivity index (χ1v) is 5.68. The van der Waals surface area contributed by atoms with Gasteiger partial charge in [-0.2, -0.15) is 5.26 Å². The Bertz CT molecular complexity index is 251. The Kier molecular flexibility index (Phi) is 3.09. The maximum Gasteiger partial charge on any atom is 0.0973 e. The van der Waals surface area contributed by atoms with Crippen LogP contribution >= 0.6 is 0 Å². The first-order valence-electron chi connectivity index (χ1n) is 4.53. The molecule has 0 heterocycles. The van der Waals surface area contributed by atoms with E-state index in [9.17, 15) is 4.21 Å². The molecule has 1 aliphatic carbocycles. The molecule has 3 atom stereocenters. The van der Waals surface area contributed by atoms with Crippen molar-refractivity contribution in [3.05, 3.63) is 0 Å². The van der Waals surface area contributed by atoms with Gasteiger partial charge in [0.25, 0.3) is 0 Å². The Morgan fingerprint density at radius 3 is 2.38 bits per heavy atom. The van der Waals surface area contributed by atoms with E-state index in [-0.39, 0.29) is 16.7 Å². The predicted octanol–water partition coefficient (Wildman–Crippen LogP) is 1.34. The lowest BCUT2D eigenvalue weighted by Crippen LogP contribution is -2.48. The van der Waals surface area contributed by atoms with Gasteiger partial charge in [0.1, 0.15) is 0 Å². The molecular weight excluding hydrogens is 184 g/mol. The van der Waals surface area contributed by atoms with E-state index in [2.05, 4.69) is 10.8 Å². The van der Waals surface area contributed by atoms with Crippen molar-refractivity contribution in [3.63, 3.8) is 0 Å². The fourth-order valence-corrected chi connectivity index (χ4v) is 2.02. The second-order valence-corrected chi connectivity index (χ2v) is 6.42. The molecule has 0 bridgehead atoms. The Morgan fingerprint density at radius 2 is 2.08 bits per heavy atom. The van der Waals surface area contributed by atoms with Gasteiger partial charge in [-0.15, -0.1) is 0 Å². The topological polar surface area (TPSA) is 52.9 Å². The maximum atomic E-state index is 11.6. The summed E-state index contributed by atoms with van der Waals surface area (Å²) >= 11 is 0. The van der Waals surface area contributed by atoms with Crippen LogP contribution in [0.25, 0.3) is 0 Å². The summed E-state index contributed by atoms with van der Waals surface area (Å²) in [7, 11) is -1.04. The van der Waals surface area contributed by atoms with Gasteiger partial charge in [0.15, 0.2) is 0 Å². The molecule has 0 aromatic rings. The quantitative estimate of drug-likeness (QED) is 0.731. The van der Waals surface area contributed by atoms with Crippen LogP contribution in [0, 0.1) is 17.2 Å². The van der Waals surface area contributed by atoms with E-state index in [1.54, 1.807) is 0 Å². The van der Waals surface area contributed by atoms with Crippen LogP contribution in [0.4, 0.5) is 0 Å². The Morgan fingerprint density at radius 1 is 1.46 bits per heavy atom. The Hall–Kier alpha value is -0.400. The second-order valence-electron chi connectivity index (χ2n) is 4.42. The van der Waals surface area contributed by atoms with Crippen molar-refractivity contribution < 1.29 is 4.21 Å². The first kappa shape index (κ1) is 10.7. The van der Waals surface area contributed by atoms with E-state index in [0.717, 1.165) is 12.8 Å². The van der Waals surface area contributed by atoms with Crippen molar-refractivity contribution in [2.24, 2.45) is 5.92 Å². The third-order valence-corrected chi connectivity index (χ3v) is 3.88. The van der Waals surface area contributed by atoms with Crippen molar-refractivity contribution in [2.45, 2.75) is 44.4 Å². The highest BCUT2D eigenvalue weighted by molar-refractivity contribution is 7.84. The third-order valence-electron chi connectivity index (χ3n) is 2.25. The van der Waals surface area contributed by atoms with E-state index >= 15 is 0 Å². The minimum Gasteiger partial charge on any atom is -0.242 e. The smallest absolute Gasteiger partial charge is 0.0973 e. The molecule has 1 unspecified atom stereocenters. The van der Waals surface area contributed by atoms with Gasteiger partial charge in [-0.05, 0) is 33.6 Å². The molecule has 74 valence electrons. The normalized spacial score (nSPS) is 30.3. The van der Waals surface area contributed by atoms with Gasteiger partial charge < -0.3 is 0 Å². The first-order chi connectivity index (χ1) is 5.95. The van der Waals surface area contributed by atoms with Crippen LogP contribution in [0.1, 0.15) is 33.6 Å². The van der Waals surface area contributed by atoms with E-state index in [1.807, 2.05) is 20.8 Å². The molecule has 0 aromatic heterocycles. The van der Waals surface area contributed by atoms with Gasteiger partial charge >= 0.3 is 0 Å². The number of nitriles is 1. The highest BCUT2D eigenvalue weighted by atomic mass is 32.2. The lowest BCUT2D eigenvalue weighted by atomic mass is 9.82. The summed E-state index contributed by atoms with van der Waals surface area (Å²) in [6.45, 7) is 5.78. The standard InChI is InChI=1S/C9H16N2OS/c1-9(2,3)13(12)11-8-5-4-7(8)6-10/h7-8,11H,4-5H2,1-3H3/t7-,8?,13+/m1/s1. The average Bonchev–Trinajstić information content (AvgIpc) is 1.96. The molecule has 1 aliphatic rings. The maximum absolute atomic E-state index is 11.6. The van der Waals surface area contributed by atoms with Gasteiger partial charge in [0.2, 0.25) is 0 Å². The zero-order valence-corrected chi connectivity index (χ0v) is 9.15. The van der Waals surface area contributed by atoms with Crippen LogP contribution < -0.4 is 4.72 Å². The molecule has 4 heteroatoms. The number of hydrogen-bond acceptors (Lipinski definition) is 2. The highest BCUT2D eigenvalue weighted by Gasteiger charge is 2.34. The fraction of sp³-hybridized carbons (Fsp3) is 0.889. The number of nitrogens with one attached hydrogen (secondary N) is 1. The third kappa shape index (κ3) is 2.52. The van der Waals surface area contributed by atoms with Crippen LogP contribution in [-0.2, 0) is 11.0 Å². The van der Waals surface area contributed by atoms with Crippen molar-refractivity contribution >= 4 is 11.0 Å². The SMILES string of the molecule is CC(C)(C)[S@](=O)NC1CC[C@@H]1C#N. The van der Waals surface area contributed by atoms with Crippen LogP contribution in [-0.4, -0.2) is 15.0 Å². The van der Waals surface area contributed by atoms with Gasteiger partial charge in [-0.3, -0.25) is 0 Å². The summed E-state index contributed by atoms with van der Waals surface area (Å²) < 4.78 is 14.4. The lowest BCUT2D eigenvalue weighted by molar-refractivity contribution is 0.303. The summed E-state index contributed by atoms with van der Waals surface area (Å²) in [6.07, 6.45) is 1.91. The van der Waals surface area contributed by atoms with Gasteiger partial charge in [-0.25, -0.2) is 8.93 Å². The number of hydrogen-bond donors (Lipinski definition) is 1. The largest absolute Gasteiger partial charge is 0.242 e. The molecular formula is C9H16N2OS. The molecule has 1 saturated carbocycles. The molecule has 0 saturated heterocycles. The predicted molar refractivity (Wildman–Crippen MR) is 53.2 cm³/mol. The molecule has 1 fully saturated rings. The zero-order valence-electron chi connectivity index (χ0n) is 8.33. The molecule has 0 aromatic carbocycles. The lowest BCUT2D eigenvalue weighted by Gasteiger charge is -2.33. The van der Waals surface area contributed by atoms with Crippen molar-refractivity contribution in [1.82, 2.24) is 4.72 Å². The summed E-state index contributed by atoms with van der Waals surface area (Å²) in [5.41, 5.74) is 0. The van der Waals surface area contributed by atoms with E-state index in [4.69, 9.17) is 5.26 Å². The fourth-order valence-electron chi connectivity index (χ4n) is 1.11. The number of nitrogens with zero attached hydrogens (tertiary/aromatic N) is 1. The Labute approximate surface area is 82.1 Å².